The minimum absolute atomic E-state index is 0. The topological polar surface area (TPSA) is 30.0 Å². The van der Waals surface area contributed by atoms with E-state index in [1.165, 1.54) is 11.8 Å². The van der Waals surface area contributed by atoms with Crippen LogP contribution in [0.1, 0.15) is 18.4 Å². The van der Waals surface area contributed by atoms with E-state index >= 15 is 0 Å². The summed E-state index contributed by atoms with van der Waals surface area (Å²) < 4.78 is 0. The first kappa shape index (κ1) is 16.6. The van der Waals surface area contributed by atoms with E-state index in [4.69, 9.17) is 0 Å². The van der Waals surface area contributed by atoms with Crippen LogP contribution in [0.25, 0.3) is 10.9 Å². The third-order valence-corrected chi connectivity index (χ3v) is 4.78. The monoisotopic (exact) mass is 387 g/mol. The van der Waals surface area contributed by atoms with E-state index in [0.29, 0.717) is 5.56 Å². The van der Waals surface area contributed by atoms with Gasteiger partial charge < -0.3 is 12.4 Å². The Bertz CT molecular complexity index is 612. The molecule has 3 radical (unpaired) electrons. The molecule has 111 valence electrons. The number of benzene rings is 1. The Hall–Kier alpha value is -0.787. The number of rotatable bonds is 1. The van der Waals surface area contributed by atoms with Gasteiger partial charge in [0.15, 0.2) is 0 Å². The summed E-state index contributed by atoms with van der Waals surface area (Å²) in [6.07, 6.45) is 9.25. The van der Waals surface area contributed by atoms with Crippen LogP contribution in [0.5, 0.6) is 0 Å². The Morgan fingerprint density at radius 1 is 1.10 bits per heavy atom. The van der Waals surface area contributed by atoms with Crippen LogP contribution in [0.3, 0.4) is 0 Å². The standard InChI is InChI=1S/C10H6NO.C7H9.ClH.Rh/c12-7-9-4-1-3-8-5-2-6-11-10(8)9;1-4-2-6-5(1)7(6)3-4;;/h1-6H;1,4-7H,2-3H2;1H;/p-1. The molecule has 1 heterocycles. The number of pyridine rings is 1. The molecular weight excluding hydrogens is 373 g/mol. The number of hydrogen-bond acceptors (Lipinski definition) is 2. The van der Waals surface area contributed by atoms with Crippen LogP contribution < -0.4 is 12.4 Å². The van der Waals surface area contributed by atoms with E-state index < -0.39 is 0 Å². The molecule has 1 aromatic heterocycles. The van der Waals surface area contributed by atoms with Gasteiger partial charge in [-0.1, -0.05) is 18.2 Å². The summed E-state index contributed by atoms with van der Waals surface area (Å²) in [5.74, 6) is 4.61. The van der Waals surface area contributed by atoms with Gasteiger partial charge in [-0.2, -0.15) is 0 Å². The second kappa shape index (κ2) is 6.54. The molecule has 0 aliphatic heterocycles. The molecule has 1 aromatic carbocycles. The van der Waals surface area contributed by atoms with E-state index in [-0.39, 0.29) is 31.9 Å². The second-order valence-electron chi connectivity index (χ2n) is 5.81. The normalized spacial score (nSPS) is 29.7. The van der Waals surface area contributed by atoms with Crippen LogP contribution in [0.4, 0.5) is 0 Å². The van der Waals surface area contributed by atoms with Crippen molar-refractivity contribution in [3.8, 4) is 0 Å². The molecule has 2 atom stereocenters. The zero-order valence-corrected chi connectivity index (χ0v) is 13.7. The van der Waals surface area contributed by atoms with Gasteiger partial charge in [0.1, 0.15) is 0 Å². The number of fused-ring (bicyclic) bond motifs is 1. The third kappa shape index (κ3) is 2.91. The van der Waals surface area contributed by atoms with E-state index in [1.54, 1.807) is 25.1 Å². The first-order valence-electron chi connectivity index (χ1n) is 6.93. The summed E-state index contributed by atoms with van der Waals surface area (Å²) in [5, 5.41) is 0.971. The van der Waals surface area contributed by atoms with E-state index in [2.05, 4.69) is 11.4 Å². The average Bonchev–Trinajstić information content (AvgIpc) is 2.94. The van der Waals surface area contributed by atoms with Gasteiger partial charge in [0.05, 0.1) is 11.1 Å². The smallest absolute Gasteiger partial charge is 0.235 e. The summed E-state index contributed by atoms with van der Waals surface area (Å²) in [6.45, 7) is 0. The quantitative estimate of drug-likeness (QED) is 0.653. The van der Waals surface area contributed by atoms with Crippen LogP contribution in [0.2, 0.25) is 0 Å². The number of carbonyl (C=O) groups excluding carboxylic acids is 1. The third-order valence-electron chi connectivity index (χ3n) is 4.78. The summed E-state index contributed by atoms with van der Waals surface area (Å²) in [4.78, 5) is 14.5. The maximum Gasteiger partial charge on any atom is 0.235 e. The maximum atomic E-state index is 10.5. The van der Waals surface area contributed by atoms with Gasteiger partial charge >= 0.3 is 0 Å². The number of aromatic nitrogens is 1. The summed E-state index contributed by atoms with van der Waals surface area (Å²) >= 11 is 0. The van der Waals surface area contributed by atoms with Gasteiger partial charge in [-0.25, -0.2) is 0 Å². The number of halogens is 1. The van der Waals surface area contributed by atoms with Crippen molar-refractivity contribution in [2.45, 2.75) is 12.8 Å². The van der Waals surface area contributed by atoms with Crippen molar-refractivity contribution < 1.29 is 36.7 Å². The van der Waals surface area contributed by atoms with Crippen molar-refractivity contribution in [3.63, 3.8) is 0 Å². The van der Waals surface area contributed by atoms with Gasteiger partial charge in [-0.15, -0.1) is 0 Å². The molecule has 6 rings (SSSR count). The molecule has 4 saturated carbocycles. The molecule has 0 saturated heterocycles. The predicted octanol–water partition coefficient (Wildman–Crippen LogP) is 0.171. The maximum absolute atomic E-state index is 10.5. The SMILES string of the molecule is O=[C]c1cccc2cccnc12.[CH]1C2CC3C1C3C2.[Cl-].[Rh]. The number of hydrogen-bond donors (Lipinski definition) is 0. The molecule has 21 heavy (non-hydrogen) atoms. The van der Waals surface area contributed by atoms with Gasteiger partial charge in [0, 0.05) is 31.1 Å². The molecule has 4 aliphatic rings. The summed E-state index contributed by atoms with van der Waals surface area (Å²) in [7, 11) is 0. The summed E-state index contributed by atoms with van der Waals surface area (Å²) in [6, 6.07) is 9.22. The van der Waals surface area contributed by atoms with Crippen LogP contribution >= 0.6 is 0 Å². The van der Waals surface area contributed by atoms with Gasteiger partial charge in [0.2, 0.25) is 6.29 Å². The largest absolute Gasteiger partial charge is 1.00 e. The van der Waals surface area contributed by atoms with Crippen molar-refractivity contribution in [2.75, 3.05) is 0 Å². The van der Waals surface area contributed by atoms with Crippen LogP contribution in [-0.4, -0.2) is 11.3 Å². The molecule has 2 aromatic rings. The Morgan fingerprint density at radius 2 is 1.81 bits per heavy atom. The fourth-order valence-electron chi connectivity index (χ4n) is 3.88. The van der Waals surface area contributed by atoms with E-state index in [1.807, 2.05) is 30.6 Å². The molecule has 2 unspecified atom stereocenters. The van der Waals surface area contributed by atoms with Crippen LogP contribution in [0.15, 0.2) is 36.5 Å². The van der Waals surface area contributed by atoms with Crippen molar-refractivity contribution >= 4 is 17.2 Å². The zero-order chi connectivity index (χ0) is 12.8. The molecule has 0 spiro atoms. The van der Waals surface area contributed by atoms with Gasteiger partial charge in [-0.05, 0) is 55.1 Å². The van der Waals surface area contributed by atoms with Crippen LogP contribution in [-0.2, 0) is 24.3 Å². The van der Waals surface area contributed by atoms with Gasteiger partial charge in [0.25, 0.3) is 0 Å². The summed E-state index contributed by atoms with van der Waals surface area (Å²) in [5.41, 5.74) is 1.24. The fourth-order valence-corrected chi connectivity index (χ4v) is 3.88. The Labute approximate surface area is 143 Å². The predicted molar refractivity (Wildman–Crippen MR) is 74.0 cm³/mol. The first-order chi connectivity index (χ1) is 9.36. The van der Waals surface area contributed by atoms with Gasteiger partial charge in [-0.3, -0.25) is 9.78 Å². The van der Waals surface area contributed by atoms with Crippen LogP contribution in [0, 0.1) is 30.1 Å². The minimum Gasteiger partial charge on any atom is -1.00 e. The Balaban J connectivity index is 0.000000153. The fraction of sp³-hybridized carbons (Fsp3) is 0.353. The molecule has 4 fully saturated rings. The Kier molecular flexibility index (Phi) is 5.17. The Morgan fingerprint density at radius 3 is 2.33 bits per heavy atom. The molecule has 0 N–H and O–H groups in total. The van der Waals surface area contributed by atoms with E-state index in [9.17, 15) is 4.79 Å². The zero-order valence-electron chi connectivity index (χ0n) is 11.3. The molecule has 0 amide bonds. The van der Waals surface area contributed by atoms with Crippen molar-refractivity contribution in [1.82, 2.24) is 4.98 Å². The first-order valence-corrected chi connectivity index (χ1v) is 6.93. The molecule has 2 nitrogen and oxygen atoms in total. The van der Waals surface area contributed by atoms with Crippen molar-refractivity contribution in [3.05, 3.63) is 48.5 Å². The second-order valence-corrected chi connectivity index (χ2v) is 5.81. The molecular formula is C17H15ClNORh-. The number of para-hydroxylation sites is 1. The molecule has 4 aliphatic carbocycles. The minimum atomic E-state index is 0. The van der Waals surface area contributed by atoms with Crippen molar-refractivity contribution in [2.24, 2.45) is 23.7 Å². The molecule has 4 bridgehead atoms. The van der Waals surface area contributed by atoms with Crippen molar-refractivity contribution in [1.29, 1.82) is 0 Å². The number of nitrogens with zero attached hydrogens (tertiary/aromatic N) is 1. The van der Waals surface area contributed by atoms with E-state index in [0.717, 1.165) is 22.7 Å². The average molecular weight is 388 g/mol. The molecule has 4 heteroatoms.